The Labute approximate surface area is 87.0 Å². The Morgan fingerprint density at radius 3 is 2.36 bits per heavy atom. The van der Waals surface area contributed by atoms with E-state index < -0.39 is 0 Å². The number of likely N-dealkylation sites (N-methyl/N-ethyl adjacent to an activating group) is 1. The molecule has 0 amide bonds. The average molecular weight is 197 g/mol. The highest BCUT2D eigenvalue weighted by molar-refractivity contribution is 4.89. The van der Waals surface area contributed by atoms with E-state index in [1.807, 2.05) is 0 Å². The molecule has 3 N–H and O–H groups in total. The number of nitrogens with zero attached hydrogens (tertiary/aromatic N) is 1. The zero-order valence-corrected chi connectivity index (χ0v) is 9.21. The van der Waals surface area contributed by atoms with Crippen molar-refractivity contribution in [1.29, 1.82) is 0 Å². The molecule has 0 aromatic heterocycles. The van der Waals surface area contributed by atoms with Crippen molar-refractivity contribution in [2.75, 3.05) is 19.6 Å². The topological polar surface area (TPSA) is 41.3 Å². The molecule has 0 radical (unpaired) electrons. The van der Waals surface area contributed by atoms with Gasteiger partial charge in [0.25, 0.3) is 0 Å². The molecule has 14 heavy (non-hydrogen) atoms. The molecule has 0 aromatic carbocycles. The van der Waals surface area contributed by atoms with Gasteiger partial charge < -0.3 is 16.0 Å². The molecular formula is C11H23N3. The lowest BCUT2D eigenvalue weighted by Gasteiger charge is -2.42. The van der Waals surface area contributed by atoms with Crippen LogP contribution in [0.25, 0.3) is 0 Å². The molecule has 3 heteroatoms. The monoisotopic (exact) mass is 197 g/mol. The van der Waals surface area contributed by atoms with Gasteiger partial charge in [-0.05, 0) is 32.2 Å². The van der Waals surface area contributed by atoms with E-state index in [0.717, 1.165) is 12.1 Å². The lowest BCUT2D eigenvalue weighted by Crippen LogP contribution is -2.60. The predicted octanol–water partition coefficient (Wildman–Crippen LogP) is 0.550. The van der Waals surface area contributed by atoms with Crippen LogP contribution >= 0.6 is 0 Å². The molecule has 2 rings (SSSR count). The van der Waals surface area contributed by atoms with Crippen molar-refractivity contribution in [3.05, 3.63) is 0 Å². The Bertz CT molecular complexity index is 169. The Morgan fingerprint density at radius 2 is 1.79 bits per heavy atom. The molecule has 2 fully saturated rings. The minimum atomic E-state index is 0.474. The molecule has 1 heterocycles. The number of nitrogens with two attached hydrogens (primary N) is 1. The smallest absolute Gasteiger partial charge is 0.0325 e. The average Bonchev–Trinajstić information content (AvgIpc) is 2.13. The first kappa shape index (κ1) is 10.4. The van der Waals surface area contributed by atoms with Crippen LogP contribution in [0.5, 0.6) is 0 Å². The van der Waals surface area contributed by atoms with Crippen LogP contribution in [0.4, 0.5) is 0 Å². The van der Waals surface area contributed by atoms with Crippen LogP contribution in [-0.4, -0.2) is 42.7 Å². The maximum Gasteiger partial charge on any atom is 0.0325 e. The third-order valence-electron chi connectivity index (χ3n) is 3.65. The second-order valence-electron chi connectivity index (χ2n) is 4.83. The highest BCUT2D eigenvalue weighted by Crippen LogP contribution is 2.19. The highest BCUT2D eigenvalue weighted by Gasteiger charge is 2.28. The summed E-state index contributed by atoms with van der Waals surface area (Å²) in [6.45, 7) is 5.93. The van der Waals surface area contributed by atoms with Crippen LogP contribution < -0.4 is 11.1 Å². The fourth-order valence-corrected chi connectivity index (χ4v) is 2.55. The van der Waals surface area contributed by atoms with Crippen molar-refractivity contribution in [1.82, 2.24) is 10.2 Å². The fraction of sp³-hybridized carbons (Fsp3) is 1.00. The lowest BCUT2D eigenvalue weighted by molar-refractivity contribution is 0.118. The van der Waals surface area contributed by atoms with Crippen molar-refractivity contribution in [3.63, 3.8) is 0 Å². The van der Waals surface area contributed by atoms with Crippen molar-refractivity contribution < 1.29 is 0 Å². The third kappa shape index (κ3) is 2.47. The summed E-state index contributed by atoms with van der Waals surface area (Å²) in [5.74, 6) is 0. The van der Waals surface area contributed by atoms with E-state index in [-0.39, 0.29) is 0 Å². The second kappa shape index (κ2) is 4.60. The quantitative estimate of drug-likeness (QED) is 0.694. The molecular weight excluding hydrogens is 174 g/mol. The van der Waals surface area contributed by atoms with Crippen molar-refractivity contribution in [2.45, 2.75) is 50.7 Å². The minimum absolute atomic E-state index is 0.474. The van der Waals surface area contributed by atoms with E-state index >= 15 is 0 Å². The van der Waals surface area contributed by atoms with Gasteiger partial charge in [0.1, 0.15) is 0 Å². The summed E-state index contributed by atoms with van der Waals surface area (Å²) in [5, 5.41) is 3.74. The van der Waals surface area contributed by atoms with Crippen LogP contribution in [0.1, 0.15) is 32.6 Å². The summed E-state index contributed by atoms with van der Waals surface area (Å²) in [4.78, 5) is 2.48. The molecule has 0 aromatic rings. The summed E-state index contributed by atoms with van der Waals surface area (Å²) in [6.07, 6.45) is 4.98. The van der Waals surface area contributed by atoms with E-state index in [4.69, 9.17) is 5.73 Å². The van der Waals surface area contributed by atoms with Crippen LogP contribution in [0.15, 0.2) is 0 Å². The van der Waals surface area contributed by atoms with Gasteiger partial charge in [-0.15, -0.1) is 0 Å². The van der Waals surface area contributed by atoms with Gasteiger partial charge in [-0.1, -0.05) is 6.92 Å². The zero-order valence-electron chi connectivity index (χ0n) is 9.21. The minimum Gasteiger partial charge on any atom is -0.328 e. The Hall–Kier alpha value is -0.120. The van der Waals surface area contributed by atoms with Crippen LogP contribution in [0.3, 0.4) is 0 Å². The zero-order chi connectivity index (χ0) is 9.97. The van der Waals surface area contributed by atoms with Crippen molar-refractivity contribution >= 4 is 0 Å². The molecule has 3 nitrogen and oxygen atoms in total. The van der Waals surface area contributed by atoms with Gasteiger partial charge in [0.15, 0.2) is 0 Å². The molecule has 0 atom stereocenters. The van der Waals surface area contributed by atoms with E-state index in [0.29, 0.717) is 6.04 Å². The van der Waals surface area contributed by atoms with Gasteiger partial charge in [-0.25, -0.2) is 0 Å². The molecule has 1 aliphatic heterocycles. The SMILES string of the molecule is CCN1CC(NC2CCC(N)CC2)C1. The van der Waals surface area contributed by atoms with Crippen LogP contribution in [0, 0.1) is 0 Å². The predicted molar refractivity (Wildman–Crippen MR) is 59.3 cm³/mol. The van der Waals surface area contributed by atoms with Crippen LogP contribution in [-0.2, 0) is 0 Å². The summed E-state index contributed by atoms with van der Waals surface area (Å²) in [6, 6.07) is 1.98. The van der Waals surface area contributed by atoms with Crippen molar-refractivity contribution in [3.8, 4) is 0 Å². The number of hydrogen-bond acceptors (Lipinski definition) is 3. The van der Waals surface area contributed by atoms with Gasteiger partial charge >= 0.3 is 0 Å². The normalized spacial score (nSPS) is 35.6. The highest BCUT2D eigenvalue weighted by atomic mass is 15.2. The lowest BCUT2D eigenvalue weighted by atomic mass is 9.91. The van der Waals surface area contributed by atoms with E-state index in [2.05, 4.69) is 17.1 Å². The molecule has 1 aliphatic carbocycles. The Kier molecular flexibility index (Phi) is 3.42. The number of rotatable bonds is 3. The number of likely N-dealkylation sites (tertiary alicyclic amines) is 1. The first-order valence-corrected chi connectivity index (χ1v) is 6.02. The number of hydrogen-bond donors (Lipinski definition) is 2. The van der Waals surface area contributed by atoms with E-state index in [9.17, 15) is 0 Å². The van der Waals surface area contributed by atoms with Crippen molar-refractivity contribution in [2.24, 2.45) is 5.73 Å². The Morgan fingerprint density at radius 1 is 1.14 bits per heavy atom. The largest absolute Gasteiger partial charge is 0.328 e. The Balaban J connectivity index is 1.62. The number of nitrogens with one attached hydrogen (secondary N) is 1. The summed E-state index contributed by atoms with van der Waals surface area (Å²) < 4.78 is 0. The molecule has 0 spiro atoms. The van der Waals surface area contributed by atoms with E-state index in [1.54, 1.807) is 0 Å². The third-order valence-corrected chi connectivity index (χ3v) is 3.65. The van der Waals surface area contributed by atoms with Gasteiger partial charge in [0.2, 0.25) is 0 Å². The molecule has 2 aliphatic rings. The molecule has 0 bridgehead atoms. The van der Waals surface area contributed by atoms with Gasteiger partial charge in [0.05, 0.1) is 0 Å². The van der Waals surface area contributed by atoms with Gasteiger partial charge in [0, 0.05) is 31.2 Å². The molecule has 0 unspecified atom stereocenters. The summed E-state index contributed by atoms with van der Waals surface area (Å²) in [5.41, 5.74) is 5.88. The van der Waals surface area contributed by atoms with Gasteiger partial charge in [-0.2, -0.15) is 0 Å². The first-order chi connectivity index (χ1) is 6.78. The second-order valence-corrected chi connectivity index (χ2v) is 4.83. The van der Waals surface area contributed by atoms with E-state index in [1.165, 1.54) is 45.3 Å². The summed E-state index contributed by atoms with van der Waals surface area (Å²) in [7, 11) is 0. The maximum absolute atomic E-state index is 5.88. The first-order valence-electron chi connectivity index (χ1n) is 6.02. The fourth-order valence-electron chi connectivity index (χ4n) is 2.55. The summed E-state index contributed by atoms with van der Waals surface area (Å²) >= 11 is 0. The van der Waals surface area contributed by atoms with Gasteiger partial charge in [-0.3, -0.25) is 0 Å². The molecule has 1 saturated heterocycles. The molecule has 1 saturated carbocycles. The standard InChI is InChI=1S/C11H23N3/c1-2-14-7-11(8-14)13-10-5-3-9(12)4-6-10/h9-11,13H,2-8,12H2,1H3. The van der Waals surface area contributed by atoms with Crippen LogP contribution in [0.2, 0.25) is 0 Å². The molecule has 82 valence electrons. The maximum atomic E-state index is 5.88.